The summed E-state index contributed by atoms with van der Waals surface area (Å²) in [5.41, 5.74) is 4.02. The van der Waals surface area contributed by atoms with Crippen molar-refractivity contribution in [1.82, 2.24) is 14.6 Å². The molecule has 0 unspecified atom stereocenters. The number of hydrogen-bond donors (Lipinski definition) is 1. The van der Waals surface area contributed by atoms with E-state index in [4.69, 9.17) is 11.6 Å². The van der Waals surface area contributed by atoms with Crippen molar-refractivity contribution in [3.05, 3.63) is 47.1 Å². The summed E-state index contributed by atoms with van der Waals surface area (Å²) in [7, 11) is 0. The summed E-state index contributed by atoms with van der Waals surface area (Å²) in [6, 6.07) is 12.0. The maximum Gasteiger partial charge on any atom is 0.249 e. The summed E-state index contributed by atoms with van der Waals surface area (Å²) in [5.74, 6) is 0.148. The first kappa shape index (κ1) is 17.6. The van der Waals surface area contributed by atoms with Crippen LogP contribution in [-0.4, -0.2) is 46.7 Å². The van der Waals surface area contributed by atoms with E-state index >= 15 is 0 Å². The molecule has 1 aliphatic heterocycles. The third-order valence-corrected chi connectivity index (χ3v) is 5.03. The molecular formula is C19H21ClN6O. The van der Waals surface area contributed by atoms with Gasteiger partial charge in [-0.05, 0) is 37.3 Å². The van der Waals surface area contributed by atoms with Crippen LogP contribution in [0.4, 0.5) is 17.3 Å². The van der Waals surface area contributed by atoms with Gasteiger partial charge in [-0.25, -0.2) is 4.52 Å². The molecule has 0 aliphatic carbocycles. The molecule has 3 aromatic rings. The number of nitrogens with one attached hydrogen (secondary N) is 1. The van der Waals surface area contributed by atoms with Crippen LogP contribution in [0.2, 0.25) is 5.02 Å². The number of aromatic nitrogens is 3. The van der Waals surface area contributed by atoms with Crippen molar-refractivity contribution >= 4 is 40.5 Å². The summed E-state index contributed by atoms with van der Waals surface area (Å²) in [6.07, 6.45) is 0. The standard InChI is InChI=1S/C19H21ClN6O/c1-13-17(6-7-18-22-19(21-14(2)27)23-26(13)18)25-10-8-24(9-11-25)16-5-3-4-15(20)12-16/h3-7,12H,8-11H2,1-2H3,(H,21,23,27). The van der Waals surface area contributed by atoms with Gasteiger partial charge < -0.3 is 9.80 Å². The Bertz CT molecular complexity index is 993. The van der Waals surface area contributed by atoms with Crippen LogP contribution in [0.25, 0.3) is 5.65 Å². The van der Waals surface area contributed by atoms with Gasteiger partial charge in [-0.1, -0.05) is 17.7 Å². The second kappa shape index (κ2) is 7.08. The molecule has 27 heavy (non-hydrogen) atoms. The van der Waals surface area contributed by atoms with Crippen LogP contribution in [0.5, 0.6) is 0 Å². The lowest BCUT2D eigenvalue weighted by Gasteiger charge is -2.38. The molecule has 1 fully saturated rings. The molecular weight excluding hydrogens is 364 g/mol. The molecule has 2 aromatic heterocycles. The van der Waals surface area contributed by atoms with Crippen LogP contribution in [0.3, 0.4) is 0 Å². The Kier molecular flexibility index (Phi) is 4.61. The summed E-state index contributed by atoms with van der Waals surface area (Å²) in [6.45, 7) is 7.14. The van der Waals surface area contributed by atoms with E-state index in [1.165, 1.54) is 6.92 Å². The van der Waals surface area contributed by atoms with Crippen LogP contribution < -0.4 is 15.1 Å². The van der Waals surface area contributed by atoms with Gasteiger partial charge in [0.05, 0.1) is 11.4 Å². The van der Waals surface area contributed by atoms with E-state index in [1.807, 2.05) is 31.2 Å². The van der Waals surface area contributed by atoms with Gasteiger partial charge in [0.25, 0.3) is 0 Å². The number of rotatable bonds is 3. The molecule has 1 aromatic carbocycles. The van der Waals surface area contributed by atoms with Crippen LogP contribution in [0.1, 0.15) is 12.6 Å². The maximum absolute atomic E-state index is 11.2. The first-order valence-corrected chi connectivity index (χ1v) is 9.28. The van der Waals surface area contributed by atoms with Gasteiger partial charge in [0.1, 0.15) is 0 Å². The van der Waals surface area contributed by atoms with Gasteiger partial charge in [-0.15, -0.1) is 5.10 Å². The Morgan fingerprint density at radius 1 is 1.11 bits per heavy atom. The fourth-order valence-electron chi connectivity index (χ4n) is 3.48. The molecule has 1 amide bonds. The third kappa shape index (κ3) is 3.55. The number of carbonyl (C=O) groups is 1. The highest BCUT2D eigenvalue weighted by atomic mass is 35.5. The van der Waals surface area contributed by atoms with Gasteiger partial charge in [-0.2, -0.15) is 4.98 Å². The zero-order valence-corrected chi connectivity index (χ0v) is 16.1. The normalized spacial score (nSPS) is 14.6. The number of aryl methyl sites for hydroxylation is 1. The molecule has 0 spiro atoms. The number of fused-ring (bicyclic) bond motifs is 1. The minimum Gasteiger partial charge on any atom is -0.368 e. The molecule has 0 saturated carbocycles. The highest BCUT2D eigenvalue weighted by molar-refractivity contribution is 6.30. The lowest BCUT2D eigenvalue weighted by atomic mass is 10.2. The fourth-order valence-corrected chi connectivity index (χ4v) is 3.67. The molecule has 3 heterocycles. The van der Waals surface area contributed by atoms with E-state index in [9.17, 15) is 4.79 Å². The van der Waals surface area contributed by atoms with E-state index in [-0.39, 0.29) is 5.91 Å². The average molecular weight is 385 g/mol. The van der Waals surface area contributed by atoms with Crippen molar-refractivity contribution in [2.75, 3.05) is 41.3 Å². The number of piperazine rings is 1. The molecule has 0 atom stereocenters. The third-order valence-electron chi connectivity index (χ3n) is 4.79. The molecule has 1 saturated heterocycles. The topological polar surface area (TPSA) is 65.8 Å². The minimum atomic E-state index is -0.180. The number of carbonyl (C=O) groups excluding carboxylic acids is 1. The van der Waals surface area contributed by atoms with Crippen LogP contribution in [0.15, 0.2) is 36.4 Å². The summed E-state index contributed by atoms with van der Waals surface area (Å²) >= 11 is 6.12. The molecule has 1 N–H and O–H groups in total. The SMILES string of the molecule is CC(=O)Nc1nc2ccc(N3CCN(c4cccc(Cl)c4)CC3)c(C)n2n1. The number of pyridine rings is 1. The average Bonchev–Trinajstić information content (AvgIpc) is 3.05. The van der Waals surface area contributed by atoms with Gasteiger partial charge >= 0.3 is 0 Å². The number of benzene rings is 1. The van der Waals surface area contributed by atoms with Crippen LogP contribution >= 0.6 is 11.6 Å². The van der Waals surface area contributed by atoms with Crippen molar-refractivity contribution in [2.45, 2.75) is 13.8 Å². The molecule has 0 bridgehead atoms. The lowest BCUT2D eigenvalue weighted by Crippen LogP contribution is -2.46. The first-order chi connectivity index (χ1) is 13.0. The predicted octanol–water partition coefficient (Wildman–Crippen LogP) is 2.98. The zero-order valence-electron chi connectivity index (χ0n) is 15.3. The molecule has 4 rings (SSSR count). The Balaban J connectivity index is 1.53. The molecule has 0 radical (unpaired) electrons. The van der Waals surface area contributed by atoms with E-state index < -0.39 is 0 Å². The quantitative estimate of drug-likeness (QED) is 0.752. The van der Waals surface area contributed by atoms with Gasteiger partial charge in [0.15, 0.2) is 5.65 Å². The Morgan fingerprint density at radius 2 is 1.85 bits per heavy atom. The van der Waals surface area contributed by atoms with Crippen LogP contribution in [0, 0.1) is 6.92 Å². The van der Waals surface area contributed by atoms with E-state index in [1.54, 1.807) is 4.52 Å². The predicted molar refractivity (Wildman–Crippen MR) is 108 cm³/mol. The largest absolute Gasteiger partial charge is 0.368 e. The first-order valence-electron chi connectivity index (χ1n) is 8.91. The van der Waals surface area contributed by atoms with Crippen molar-refractivity contribution in [2.24, 2.45) is 0 Å². The number of anilines is 3. The van der Waals surface area contributed by atoms with Crippen molar-refractivity contribution in [3.63, 3.8) is 0 Å². The number of amides is 1. The molecule has 140 valence electrons. The van der Waals surface area contributed by atoms with E-state index in [0.29, 0.717) is 5.95 Å². The maximum atomic E-state index is 11.2. The monoisotopic (exact) mass is 384 g/mol. The highest BCUT2D eigenvalue weighted by Crippen LogP contribution is 2.25. The fraction of sp³-hybridized carbons (Fsp3) is 0.316. The number of hydrogen-bond acceptors (Lipinski definition) is 5. The van der Waals surface area contributed by atoms with Gasteiger partial charge in [0, 0.05) is 43.8 Å². The van der Waals surface area contributed by atoms with Crippen molar-refractivity contribution < 1.29 is 4.79 Å². The van der Waals surface area contributed by atoms with Gasteiger partial charge in [-0.3, -0.25) is 10.1 Å². The van der Waals surface area contributed by atoms with Crippen molar-refractivity contribution in [1.29, 1.82) is 0 Å². The summed E-state index contributed by atoms with van der Waals surface area (Å²) in [5, 5.41) is 7.80. The minimum absolute atomic E-state index is 0.180. The van der Waals surface area contributed by atoms with Crippen molar-refractivity contribution in [3.8, 4) is 0 Å². The zero-order chi connectivity index (χ0) is 19.0. The summed E-state index contributed by atoms with van der Waals surface area (Å²) < 4.78 is 1.78. The Hall–Kier alpha value is -2.80. The van der Waals surface area contributed by atoms with E-state index in [2.05, 4.69) is 37.3 Å². The van der Waals surface area contributed by atoms with Crippen LogP contribution in [-0.2, 0) is 4.79 Å². The number of nitrogens with zero attached hydrogens (tertiary/aromatic N) is 5. The lowest BCUT2D eigenvalue weighted by molar-refractivity contribution is -0.114. The number of halogens is 1. The Morgan fingerprint density at radius 3 is 2.56 bits per heavy atom. The second-order valence-corrected chi connectivity index (χ2v) is 7.08. The Labute approximate surface area is 162 Å². The van der Waals surface area contributed by atoms with E-state index in [0.717, 1.165) is 53.9 Å². The molecule has 7 nitrogen and oxygen atoms in total. The second-order valence-electron chi connectivity index (χ2n) is 6.64. The molecule has 1 aliphatic rings. The molecule has 8 heteroatoms. The summed E-state index contributed by atoms with van der Waals surface area (Å²) in [4.78, 5) is 20.3. The highest BCUT2D eigenvalue weighted by Gasteiger charge is 2.20. The van der Waals surface area contributed by atoms with Gasteiger partial charge in [0.2, 0.25) is 11.9 Å². The smallest absolute Gasteiger partial charge is 0.249 e.